The summed E-state index contributed by atoms with van der Waals surface area (Å²) < 4.78 is 5.71. The van der Waals surface area contributed by atoms with Crippen LogP contribution in [0, 0.1) is 0 Å². The van der Waals surface area contributed by atoms with Gasteiger partial charge in [-0.15, -0.1) is 0 Å². The van der Waals surface area contributed by atoms with Gasteiger partial charge in [0.2, 0.25) is 0 Å². The van der Waals surface area contributed by atoms with E-state index in [2.05, 4.69) is 0 Å². The van der Waals surface area contributed by atoms with Crippen LogP contribution in [0.3, 0.4) is 0 Å². The molecular formula is C16H16ClNO3. The van der Waals surface area contributed by atoms with Crippen molar-refractivity contribution in [1.82, 2.24) is 0 Å². The van der Waals surface area contributed by atoms with Crippen LogP contribution < -0.4 is 10.5 Å². The third kappa shape index (κ3) is 4.21. The van der Waals surface area contributed by atoms with Crippen LogP contribution in [-0.2, 0) is 13.0 Å². The molecular weight excluding hydrogens is 290 g/mol. The van der Waals surface area contributed by atoms with Crippen molar-refractivity contribution in [3.8, 4) is 5.75 Å². The third-order valence-electron chi connectivity index (χ3n) is 3.10. The van der Waals surface area contributed by atoms with E-state index in [4.69, 9.17) is 27.2 Å². The Bertz CT molecular complexity index is 626. The molecule has 0 aliphatic rings. The van der Waals surface area contributed by atoms with Crippen molar-refractivity contribution in [3.05, 3.63) is 64.2 Å². The van der Waals surface area contributed by atoms with Crippen LogP contribution >= 0.6 is 11.6 Å². The lowest BCUT2D eigenvalue weighted by Gasteiger charge is -2.11. The number of ether oxygens (including phenoxy) is 1. The van der Waals surface area contributed by atoms with Crippen molar-refractivity contribution in [2.24, 2.45) is 5.73 Å². The monoisotopic (exact) mass is 305 g/mol. The molecule has 0 spiro atoms. The smallest absolute Gasteiger partial charge is 0.335 e. The summed E-state index contributed by atoms with van der Waals surface area (Å²) >= 11 is 5.94. The average Bonchev–Trinajstić information content (AvgIpc) is 2.48. The molecule has 0 saturated carbocycles. The molecule has 2 aromatic rings. The van der Waals surface area contributed by atoms with Gasteiger partial charge in [-0.2, -0.15) is 0 Å². The van der Waals surface area contributed by atoms with Gasteiger partial charge >= 0.3 is 5.97 Å². The van der Waals surface area contributed by atoms with Crippen LogP contribution in [0.5, 0.6) is 5.75 Å². The molecule has 0 heterocycles. The zero-order chi connectivity index (χ0) is 15.2. The van der Waals surface area contributed by atoms with Gasteiger partial charge in [0, 0.05) is 23.6 Å². The minimum Gasteiger partial charge on any atom is -0.493 e. The first-order chi connectivity index (χ1) is 10.1. The Balaban J connectivity index is 1.95. The summed E-state index contributed by atoms with van der Waals surface area (Å²) in [5.74, 6) is -0.239. The Morgan fingerprint density at radius 1 is 1.19 bits per heavy atom. The third-order valence-corrected chi connectivity index (χ3v) is 3.33. The van der Waals surface area contributed by atoms with Crippen molar-refractivity contribution in [2.45, 2.75) is 13.0 Å². The van der Waals surface area contributed by atoms with Gasteiger partial charge in [-0.1, -0.05) is 29.8 Å². The van der Waals surface area contributed by atoms with E-state index in [1.807, 2.05) is 6.07 Å². The molecule has 2 aromatic carbocycles. The first-order valence-electron chi connectivity index (χ1n) is 6.53. The molecule has 0 aliphatic heterocycles. The fourth-order valence-electron chi connectivity index (χ4n) is 1.92. The van der Waals surface area contributed by atoms with Crippen LogP contribution in [0.4, 0.5) is 0 Å². The van der Waals surface area contributed by atoms with E-state index in [9.17, 15) is 4.79 Å². The van der Waals surface area contributed by atoms with Crippen molar-refractivity contribution in [1.29, 1.82) is 0 Å². The molecule has 110 valence electrons. The lowest BCUT2D eigenvalue weighted by Crippen LogP contribution is -2.06. The van der Waals surface area contributed by atoms with E-state index in [1.54, 1.807) is 36.4 Å². The molecule has 2 rings (SSSR count). The normalized spacial score (nSPS) is 10.4. The Kier molecular flexibility index (Phi) is 5.20. The van der Waals surface area contributed by atoms with Gasteiger partial charge in [0.05, 0.1) is 12.2 Å². The molecule has 21 heavy (non-hydrogen) atoms. The number of aromatic carboxylic acids is 1. The van der Waals surface area contributed by atoms with E-state index in [-0.39, 0.29) is 5.56 Å². The molecule has 3 N–H and O–H groups in total. The quantitative estimate of drug-likeness (QED) is 0.860. The number of carboxylic acid groups (broad SMARTS) is 1. The highest BCUT2D eigenvalue weighted by atomic mass is 35.5. The number of benzene rings is 2. The molecule has 0 bridgehead atoms. The molecule has 0 aromatic heterocycles. The second kappa shape index (κ2) is 7.11. The SMILES string of the molecule is NCc1ccc(Cl)cc1OCCc1ccc(C(=O)O)cc1. The molecule has 0 fully saturated rings. The van der Waals surface area contributed by atoms with Gasteiger partial charge in [0.15, 0.2) is 0 Å². The van der Waals surface area contributed by atoms with Crippen LogP contribution in [0.15, 0.2) is 42.5 Å². The first-order valence-corrected chi connectivity index (χ1v) is 6.91. The molecule has 0 radical (unpaired) electrons. The van der Waals surface area contributed by atoms with Crippen molar-refractivity contribution in [3.63, 3.8) is 0 Å². The molecule has 0 amide bonds. The topological polar surface area (TPSA) is 72.5 Å². The number of hydrogen-bond donors (Lipinski definition) is 2. The molecule has 5 heteroatoms. The van der Waals surface area contributed by atoms with Gasteiger partial charge in [-0.3, -0.25) is 0 Å². The number of carbonyl (C=O) groups is 1. The van der Waals surface area contributed by atoms with Gasteiger partial charge in [0.25, 0.3) is 0 Å². The van der Waals surface area contributed by atoms with Crippen LogP contribution in [-0.4, -0.2) is 17.7 Å². The largest absolute Gasteiger partial charge is 0.493 e. The zero-order valence-corrected chi connectivity index (χ0v) is 12.1. The van der Waals surface area contributed by atoms with E-state index < -0.39 is 5.97 Å². The lowest BCUT2D eigenvalue weighted by atomic mass is 10.1. The number of hydrogen-bond acceptors (Lipinski definition) is 3. The summed E-state index contributed by atoms with van der Waals surface area (Å²) in [5.41, 5.74) is 7.84. The Morgan fingerprint density at radius 2 is 1.90 bits per heavy atom. The summed E-state index contributed by atoms with van der Waals surface area (Å²) in [6.07, 6.45) is 0.677. The summed E-state index contributed by atoms with van der Waals surface area (Å²) in [6, 6.07) is 12.1. The maximum absolute atomic E-state index is 10.8. The molecule has 0 saturated heterocycles. The minimum atomic E-state index is -0.927. The Labute approximate surface area is 128 Å². The number of halogens is 1. The Morgan fingerprint density at radius 3 is 2.52 bits per heavy atom. The molecule has 0 unspecified atom stereocenters. The highest BCUT2D eigenvalue weighted by Gasteiger charge is 2.05. The fraction of sp³-hybridized carbons (Fsp3) is 0.188. The predicted molar refractivity (Wildman–Crippen MR) is 81.9 cm³/mol. The van der Waals surface area contributed by atoms with Gasteiger partial charge in [-0.25, -0.2) is 4.79 Å². The highest BCUT2D eigenvalue weighted by Crippen LogP contribution is 2.23. The summed E-state index contributed by atoms with van der Waals surface area (Å²) in [4.78, 5) is 10.8. The lowest BCUT2D eigenvalue weighted by molar-refractivity contribution is 0.0697. The number of rotatable bonds is 6. The van der Waals surface area contributed by atoms with E-state index in [0.717, 1.165) is 11.1 Å². The van der Waals surface area contributed by atoms with Gasteiger partial charge < -0.3 is 15.6 Å². The van der Waals surface area contributed by atoms with Gasteiger partial charge in [0.1, 0.15) is 5.75 Å². The zero-order valence-electron chi connectivity index (χ0n) is 11.4. The van der Waals surface area contributed by atoms with Crippen LogP contribution in [0.1, 0.15) is 21.5 Å². The number of carboxylic acids is 1. The summed E-state index contributed by atoms with van der Waals surface area (Å²) in [7, 11) is 0. The van der Waals surface area contributed by atoms with Crippen molar-refractivity contribution in [2.75, 3.05) is 6.61 Å². The summed E-state index contributed by atoms with van der Waals surface area (Å²) in [5, 5.41) is 9.44. The average molecular weight is 306 g/mol. The van der Waals surface area contributed by atoms with E-state index in [1.165, 1.54) is 0 Å². The summed E-state index contributed by atoms with van der Waals surface area (Å²) in [6.45, 7) is 0.861. The second-order valence-electron chi connectivity index (χ2n) is 4.56. The van der Waals surface area contributed by atoms with Crippen molar-refractivity contribution < 1.29 is 14.6 Å². The van der Waals surface area contributed by atoms with Crippen LogP contribution in [0.25, 0.3) is 0 Å². The van der Waals surface area contributed by atoms with E-state index >= 15 is 0 Å². The Hall–Kier alpha value is -2.04. The van der Waals surface area contributed by atoms with Crippen LogP contribution in [0.2, 0.25) is 5.02 Å². The number of nitrogens with two attached hydrogens (primary N) is 1. The highest BCUT2D eigenvalue weighted by molar-refractivity contribution is 6.30. The maximum Gasteiger partial charge on any atom is 0.335 e. The first kappa shape index (κ1) is 15.4. The molecule has 0 aliphatic carbocycles. The molecule has 4 nitrogen and oxygen atoms in total. The molecule has 0 atom stereocenters. The van der Waals surface area contributed by atoms with Crippen molar-refractivity contribution >= 4 is 17.6 Å². The fourth-order valence-corrected chi connectivity index (χ4v) is 2.09. The predicted octanol–water partition coefficient (Wildman–Crippen LogP) is 3.12. The second-order valence-corrected chi connectivity index (χ2v) is 4.99. The van der Waals surface area contributed by atoms with Gasteiger partial charge in [-0.05, 0) is 29.8 Å². The maximum atomic E-state index is 10.8. The minimum absolute atomic E-state index is 0.278. The standard InChI is InChI=1S/C16H16ClNO3/c17-14-6-5-13(10-18)15(9-14)21-8-7-11-1-3-12(4-2-11)16(19)20/h1-6,9H,7-8,10,18H2,(H,19,20). The van der Waals surface area contributed by atoms with E-state index in [0.29, 0.717) is 30.3 Å².